The standard InChI is InChI=1S/C12H18BrN3O2/c1-8-6-16-9(5-14-10(16)13)7-15(8)11(17)18-12(2,3)4/h5,8H,6-7H2,1-4H3/t8-/m0/s1. The lowest BCUT2D eigenvalue weighted by Gasteiger charge is -2.35. The fourth-order valence-corrected chi connectivity index (χ4v) is 2.44. The van der Waals surface area contributed by atoms with Gasteiger partial charge in [-0.3, -0.25) is 4.90 Å². The highest BCUT2D eigenvalue weighted by Gasteiger charge is 2.31. The molecular formula is C12H18BrN3O2. The van der Waals surface area contributed by atoms with E-state index in [1.54, 1.807) is 11.1 Å². The summed E-state index contributed by atoms with van der Waals surface area (Å²) in [5, 5.41) is 0. The van der Waals surface area contributed by atoms with Crippen LogP contribution >= 0.6 is 15.9 Å². The average molecular weight is 316 g/mol. The molecule has 100 valence electrons. The Morgan fingerprint density at radius 2 is 2.22 bits per heavy atom. The van der Waals surface area contributed by atoms with Crippen LogP contribution in [0.1, 0.15) is 33.4 Å². The first-order valence-corrected chi connectivity index (χ1v) is 6.77. The lowest BCUT2D eigenvalue weighted by Crippen LogP contribution is -2.46. The van der Waals surface area contributed by atoms with Crippen LogP contribution in [0, 0.1) is 0 Å². The van der Waals surface area contributed by atoms with E-state index < -0.39 is 5.60 Å². The minimum Gasteiger partial charge on any atom is -0.444 e. The van der Waals surface area contributed by atoms with Crippen LogP contribution in [0.15, 0.2) is 10.9 Å². The molecule has 6 heteroatoms. The Balaban J connectivity index is 2.15. The van der Waals surface area contributed by atoms with Gasteiger partial charge in [0.2, 0.25) is 0 Å². The van der Waals surface area contributed by atoms with E-state index in [1.165, 1.54) is 0 Å². The lowest BCUT2D eigenvalue weighted by atomic mass is 10.2. The molecule has 0 unspecified atom stereocenters. The van der Waals surface area contributed by atoms with Gasteiger partial charge in [-0.15, -0.1) is 0 Å². The van der Waals surface area contributed by atoms with E-state index in [1.807, 2.05) is 27.7 Å². The Labute approximate surface area is 115 Å². The third-order valence-corrected chi connectivity index (χ3v) is 3.46. The summed E-state index contributed by atoms with van der Waals surface area (Å²) in [6.07, 6.45) is 1.52. The molecule has 0 bridgehead atoms. The molecule has 2 heterocycles. The van der Waals surface area contributed by atoms with Crippen LogP contribution in [-0.2, 0) is 17.8 Å². The van der Waals surface area contributed by atoms with Gasteiger partial charge in [0.05, 0.1) is 24.5 Å². The summed E-state index contributed by atoms with van der Waals surface area (Å²) in [6.45, 7) is 8.91. The van der Waals surface area contributed by atoms with Gasteiger partial charge < -0.3 is 9.30 Å². The number of halogens is 1. The maximum Gasteiger partial charge on any atom is 0.410 e. The Bertz CT molecular complexity index is 464. The highest BCUT2D eigenvalue weighted by Crippen LogP contribution is 2.23. The van der Waals surface area contributed by atoms with Gasteiger partial charge in [-0.25, -0.2) is 9.78 Å². The van der Waals surface area contributed by atoms with Crippen LogP contribution in [0.2, 0.25) is 0 Å². The van der Waals surface area contributed by atoms with Gasteiger partial charge in [0, 0.05) is 6.54 Å². The number of carbonyl (C=O) groups excluding carboxylic acids is 1. The summed E-state index contributed by atoms with van der Waals surface area (Å²) in [5.41, 5.74) is 0.556. The van der Waals surface area contributed by atoms with Crippen LogP contribution in [0.4, 0.5) is 4.79 Å². The summed E-state index contributed by atoms with van der Waals surface area (Å²) < 4.78 is 8.30. The van der Waals surface area contributed by atoms with Crippen molar-refractivity contribution in [3.05, 3.63) is 16.6 Å². The molecule has 0 saturated heterocycles. The van der Waals surface area contributed by atoms with Crippen molar-refractivity contribution in [1.29, 1.82) is 0 Å². The van der Waals surface area contributed by atoms with E-state index in [2.05, 4.69) is 25.5 Å². The smallest absolute Gasteiger partial charge is 0.410 e. The Kier molecular flexibility index (Phi) is 3.40. The molecule has 1 aromatic heterocycles. The normalized spacial score (nSPS) is 19.6. The predicted molar refractivity (Wildman–Crippen MR) is 71.2 cm³/mol. The first-order valence-electron chi connectivity index (χ1n) is 5.97. The maximum absolute atomic E-state index is 12.1. The topological polar surface area (TPSA) is 47.4 Å². The molecule has 0 spiro atoms. The van der Waals surface area contributed by atoms with E-state index in [-0.39, 0.29) is 12.1 Å². The number of ether oxygens (including phenoxy) is 1. The number of hydrogen-bond acceptors (Lipinski definition) is 3. The van der Waals surface area contributed by atoms with Crippen LogP contribution in [0.3, 0.4) is 0 Å². The SMILES string of the molecule is C[C@H]1Cn2c(cnc2Br)CN1C(=O)OC(C)(C)C. The Morgan fingerprint density at radius 3 is 2.83 bits per heavy atom. The van der Waals surface area contributed by atoms with E-state index in [9.17, 15) is 4.79 Å². The quantitative estimate of drug-likeness (QED) is 0.739. The third-order valence-electron chi connectivity index (χ3n) is 2.83. The van der Waals surface area contributed by atoms with Crippen molar-refractivity contribution in [3.63, 3.8) is 0 Å². The zero-order chi connectivity index (χ0) is 13.5. The van der Waals surface area contributed by atoms with Crippen molar-refractivity contribution in [2.75, 3.05) is 0 Å². The molecule has 1 atom stereocenters. The van der Waals surface area contributed by atoms with Gasteiger partial charge in [0.15, 0.2) is 4.73 Å². The summed E-state index contributed by atoms with van der Waals surface area (Å²) in [6, 6.07) is 0.0952. The van der Waals surface area contributed by atoms with E-state index in [0.29, 0.717) is 6.54 Å². The van der Waals surface area contributed by atoms with Crippen molar-refractivity contribution < 1.29 is 9.53 Å². The van der Waals surface area contributed by atoms with Gasteiger partial charge in [-0.1, -0.05) is 0 Å². The molecule has 1 aromatic rings. The molecule has 1 aliphatic heterocycles. The molecule has 0 N–H and O–H groups in total. The molecule has 0 radical (unpaired) electrons. The molecule has 0 aliphatic carbocycles. The molecule has 0 aromatic carbocycles. The summed E-state index contributed by atoms with van der Waals surface area (Å²) in [7, 11) is 0. The van der Waals surface area contributed by atoms with E-state index in [0.717, 1.165) is 17.0 Å². The highest BCUT2D eigenvalue weighted by molar-refractivity contribution is 9.10. The van der Waals surface area contributed by atoms with Gasteiger partial charge >= 0.3 is 6.09 Å². The molecule has 5 nitrogen and oxygen atoms in total. The van der Waals surface area contributed by atoms with Crippen LogP contribution in [0.25, 0.3) is 0 Å². The molecule has 18 heavy (non-hydrogen) atoms. The number of carbonyl (C=O) groups is 1. The van der Waals surface area contributed by atoms with Crippen molar-refractivity contribution in [1.82, 2.24) is 14.5 Å². The number of aromatic nitrogens is 2. The van der Waals surface area contributed by atoms with Gasteiger partial charge in [-0.05, 0) is 43.6 Å². The molecule has 2 rings (SSSR count). The molecule has 0 fully saturated rings. The fraction of sp³-hybridized carbons (Fsp3) is 0.667. The number of imidazole rings is 1. The van der Waals surface area contributed by atoms with Crippen LogP contribution < -0.4 is 0 Å². The molecule has 1 aliphatic rings. The number of rotatable bonds is 0. The van der Waals surface area contributed by atoms with E-state index >= 15 is 0 Å². The van der Waals surface area contributed by atoms with E-state index in [4.69, 9.17) is 4.74 Å². The monoisotopic (exact) mass is 315 g/mol. The number of nitrogens with zero attached hydrogens (tertiary/aromatic N) is 3. The number of fused-ring (bicyclic) bond motifs is 1. The zero-order valence-corrected chi connectivity index (χ0v) is 12.7. The molecule has 0 saturated carbocycles. The second-order valence-corrected chi connectivity index (χ2v) is 6.30. The minimum absolute atomic E-state index is 0.0952. The average Bonchev–Trinajstić information content (AvgIpc) is 2.56. The number of amides is 1. The largest absolute Gasteiger partial charge is 0.444 e. The molecule has 1 amide bonds. The third kappa shape index (κ3) is 2.68. The van der Waals surface area contributed by atoms with Crippen molar-refractivity contribution in [2.45, 2.75) is 52.4 Å². The van der Waals surface area contributed by atoms with Crippen LogP contribution in [0.5, 0.6) is 0 Å². The summed E-state index contributed by atoms with van der Waals surface area (Å²) in [4.78, 5) is 18.0. The Hall–Kier alpha value is -1.04. The zero-order valence-electron chi connectivity index (χ0n) is 11.1. The van der Waals surface area contributed by atoms with Gasteiger partial charge in [0.25, 0.3) is 0 Å². The van der Waals surface area contributed by atoms with Crippen molar-refractivity contribution in [2.24, 2.45) is 0 Å². The predicted octanol–water partition coefficient (Wildman–Crippen LogP) is 2.78. The van der Waals surface area contributed by atoms with Crippen molar-refractivity contribution in [3.8, 4) is 0 Å². The van der Waals surface area contributed by atoms with Gasteiger partial charge in [0.1, 0.15) is 5.60 Å². The fourth-order valence-electron chi connectivity index (χ4n) is 1.96. The first-order chi connectivity index (χ1) is 8.28. The number of hydrogen-bond donors (Lipinski definition) is 0. The summed E-state index contributed by atoms with van der Waals surface area (Å²) in [5.74, 6) is 0. The van der Waals surface area contributed by atoms with Crippen LogP contribution in [-0.4, -0.2) is 32.2 Å². The Morgan fingerprint density at radius 1 is 1.56 bits per heavy atom. The first kappa shape index (κ1) is 13.4. The second-order valence-electron chi connectivity index (χ2n) is 5.59. The molecular weight excluding hydrogens is 298 g/mol. The van der Waals surface area contributed by atoms with Gasteiger partial charge in [-0.2, -0.15) is 0 Å². The highest BCUT2D eigenvalue weighted by atomic mass is 79.9. The second kappa shape index (κ2) is 4.57. The maximum atomic E-state index is 12.1. The lowest BCUT2D eigenvalue weighted by molar-refractivity contribution is 0.00972. The van der Waals surface area contributed by atoms with Crippen molar-refractivity contribution >= 4 is 22.0 Å². The summed E-state index contributed by atoms with van der Waals surface area (Å²) >= 11 is 3.40. The minimum atomic E-state index is -0.463.